The maximum atomic E-state index is 11.0. The lowest BCUT2D eigenvalue weighted by Crippen LogP contribution is -2.30. The smallest absolute Gasteiger partial charge is 0.231 e. The lowest BCUT2D eigenvalue weighted by molar-refractivity contribution is -0.118. The second-order valence-corrected chi connectivity index (χ2v) is 6.66. The zero-order valence-corrected chi connectivity index (χ0v) is 14.7. The third-order valence-electron chi connectivity index (χ3n) is 4.42. The quantitative estimate of drug-likeness (QED) is 0.872. The van der Waals surface area contributed by atoms with E-state index in [4.69, 9.17) is 5.73 Å². The van der Waals surface area contributed by atoms with Crippen molar-refractivity contribution < 1.29 is 4.79 Å². The summed E-state index contributed by atoms with van der Waals surface area (Å²) in [4.78, 5) is 24.3. The molecule has 25 heavy (non-hydrogen) atoms. The van der Waals surface area contributed by atoms with Crippen LogP contribution in [-0.2, 0) is 11.3 Å². The summed E-state index contributed by atoms with van der Waals surface area (Å²) in [7, 11) is 1.88. The van der Waals surface area contributed by atoms with Crippen LogP contribution in [0.5, 0.6) is 0 Å². The lowest BCUT2D eigenvalue weighted by atomic mass is 10.1. The zero-order valence-electron chi connectivity index (χ0n) is 14.7. The molecule has 0 atom stereocenters. The highest BCUT2D eigenvalue weighted by atomic mass is 16.1. The van der Waals surface area contributed by atoms with Crippen LogP contribution in [-0.4, -0.2) is 47.5 Å². The first-order chi connectivity index (χ1) is 12.1. The Kier molecular flexibility index (Phi) is 5.60. The van der Waals surface area contributed by atoms with Gasteiger partial charge in [0.2, 0.25) is 11.9 Å². The molecular formula is C19H25N5O. The summed E-state index contributed by atoms with van der Waals surface area (Å²) < 4.78 is 0. The number of rotatable bonds is 6. The fourth-order valence-corrected chi connectivity index (χ4v) is 3.21. The summed E-state index contributed by atoms with van der Waals surface area (Å²) >= 11 is 0. The molecule has 1 aliphatic rings. The van der Waals surface area contributed by atoms with Crippen molar-refractivity contribution in [1.29, 1.82) is 0 Å². The van der Waals surface area contributed by atoms with Crippen LogP contribution in [0.4, 0.5) is 5.95 Å². The molecule has 6 heteroatoms. The first-order valence-corrected chi connectivity index (χ1v) is 8.75. The normalized spacial score (nSPS) is 14.7. The SMILES string of the molecule is CN(CC(N)=O)Cc1cccc(-c2cnc(N3CCCCC3)nc2)c1. The van der Waals surface area contributed by atoms with Crippen molar-refractivity contribution in [3.63, 3.8) is 0 Å². The van der Waals surface area contributed by atoms with Gasteiger partial charge in [-0.1, -0.05) is 18.2 Å². The first kappa shape index (κ1) is 17.4. The molecule has 1 amide bonds. The van der Waals surface area contributed by atoms with Crippen molar-refractivity contribution in [3.8, 4) is 11.1 Å². The molecule has 2 aromatic rings. The van der Waals surface area contributed by atoms with E-state index in [1.54, 1.807) is 0 Å². The molecule has 1 fully saturated rings. The van der Waals surface area contributed by atoms with Gasteiger partial charge in [0.1, 0.15) is 0 Å². The van der Waals surface area contributed by atoms with E-state index in [2.05, 4.69) is 27.0 Å². The first-order valence-electron chi connectivity index (χ1n) is 8.75. The molecule has 2 heterocycles. The van der Waals surface area contributed by atoms with Crippen LogP contribution in [0.15, 0.2) is 36.7 Å². The van der Waals surface area contributed by atoms with Crippen LogP contribution in [0.1, 0.15) is 24.8 Å². The number of likely N-dealkylation sites (N-methyl/N-ethyl adjacent to an activating group) is 1. The molecule has 0 unspecified atom stereocenters. The topological polar surface area (TPSA) is 75.3 Å². The predicted molar refractivity (Wildman–Crippen MR) is 99.1 cm³/mol. The standard InChI is InChI=1S/C19H25N5O/c1-23(14-18(20)25)13-15-6-5-7-16(10-15)17-11-21-19(22-12-17)24-8-3-2-4-9-24/h5-7,10-12H,2-4,8-9,13-14H2,1H3,(H2,20,25). The van der Waals surface area contributed by atoms with Gasteiger partial charge < -0.3 is 10.6 Å². The minimum Gasteiger partial charge on any atom is -0.369 e. The number of carbonyl (C=O) groups is 1. The summed E-state index contributed by atoms with van der Waals surface area (Å²) in [6.07, 6.45) is 7.51. The fraction of sp³-hybridized carbons (Fsp3) is 0.421. The Hall–Kier alpha value is -2.47. The Balaban J connectivity index is 1.71. The number of hydrogen-bond donors (Lipinski definition) is 1. The average Bonchev–Trinajstić information content (AvgIpc) is 2.62. The van der Waals surface area contributed by atoms with Gasteiger partial charge in [-0.25, -0.2) is 9.97 Å². The maximum absolute atomic E-state index is 11.0. The average molecular weight is 339 g/mol. The van der Waals surface area contributed by atoms with Crippen LogP contribution in [0, 0.1) is 0 Å². The van der Waals surface area contributed by atoms with E-state index in [1.807, 2.05) is 36.5 Å². The minimum absolute atomic E-state index is 0.248. The summed E-state index contributed by atoms with van der Waals surface area (Å²) in [6.45, 7) is 3.00. The van der Waals surface area contributed by atoms with Crippen molar-refractivity contribution in [1.82, 2.24) is 14.9 Å². The second kappa shape index (κ2) is 8.07. The van der Waals surface area contributed by atoms with E-state index < -0.39 is 0 Å². The Morgan fingerprint density at radius 2 is 1.88 bits per heavy atom. The highest BCUT2D eigenvalue weighted by Gasteiger charge is 2.13. The Morgan fingerprint density at radius 1 is 1.16 bits per heavy atom. The molecule has 0 saturated carbocycles. The number of nitrogens with zero attached hydrogens (tertiary/aromatic N) is 4. The fourth-order valence-electron chi connectivity index (χ4n) is 3.21. The molecule has 1 aliphatic heterocycles. The molecule has 3 rings (SSSR count). The van der Waals surface area contributed by atoms with Crippen LogP contribution in [0.2, 0.25) is 0 Å². The summed E-state index contributed by atoms with van der Waals surface area (Å²) in [5.41, 5.74) is 8.45. The van der Waals surface area contributed by atoms with Crippen LogP contribution < -0.4 is 10.6 Å². The van der Waals surface area contributed by atoms with Gasteiger partial charge in [-0.15, -0.1) is 0 Å². The minimum atomic E-state index is -0.319. The number of benzene rings is 1. The second-order valence-electron chi connectivity index (χ2n) is 6.66. The summed E-state index contributed by atoms with van der Waals surface area (Å²) in [5, 5.41) is 0. The molecule has 0 radical (unpaired) electrons. The number of hydrogen-bond acceptors (Lipinski definition) is 5. The highest BCUT2D eigenvalue weighted by Crippen LogP contribution is 2.22. The number of aromatic nitrogens is 2. The van der Waals surface area contributed by atoms with E-state index in [-0.39, 0.29) is 12.5 Å². The van der Waals surface area contributed by atoms with Gasteiger partial charge in [0.15, 0.2) is 0 Å². The van der Waals surface area contributed by atoms with Crippen molar-refractivity contribution in [2.75, 3.05) is 31.6 Å². The van der Waals surface area contributed by atoms with Gasteiger partial charge in [-0.05, 0) is 43.5 Å². The molecular weight excluding hydrogens is 314 g/mol. The van der Waals surface area contributed by atoms with E-state index in [0.29, 0.717) is 6.54 Å². The zero-order chi connectivity index (χ0) is 17.6. The molecule has 1 saturated heterocycles. The van der Waals surface area contributed by atoms with Gasteiger partial charge >= 0.3 is 0 Å². The van der Waals surface area contributed by atoms with Crippen LogP contribution in [0.3, 0.4) is 0 Å². The number of piperidine rings is 1. The number of anilines is 1. The van der Waals surface area contributed by atoms with Crippen molar-refractivity contribution in [3.05, 3.63) is 42.2 Å². The van der Waals surface area contributed by atoms with Crippen molar-refractivity contribution in [2.24, 2.45) is 5.73 Å². The van der Waals surface area contributed by atoms with Crippen LogP contribution in [0.25, 0.3) is 11.1 Å². The third-order valence-corrected chi connectivity index (χ3v) is 4.42. The van der Waals surface area contributed by atoms with Crippen LogP contribution >= 0.6 is 0 Å². The Labute approximate surface area is 148 Å². The summed E-state index contributed by atoms with van der Waals surface area (Å²) in [6, 6.07) is 8.22. The van der Waals surface area contributed by atoms with Gasteiger partial charge in [0, 0.05) is 37.6 Å². The monoisotopic (exact) mass is 339 g/mol. The number of carbonyl (C=O) groups excluding carboxylic acids is 1. The molecule has 1 aromatic carbocycles. The molecule has 0 aliphatic carbocycles. The number of primary amides is 1. The van der Waals surface area contributed by atoms with Gasteiger partial charge in [-0.3, -0.25) is 9.69 Å². The maximum Gasteiger partial charge on any atom is 0.231 e. The van der Waals surface area contributed by atoms with E-state index in [0.717, 1.165) is 35.7 Å². The van der Waals surface area contributed by atoms with Crippen molar-refractivity contribution in [2.45, 2.75) is 25.8 Å². The van der Waals surface area contributed by atoms with Crippen molar-refractivity contribution >= 4 is 11.9 Å². The largest absolute Gasteiger partial charge is 0.369 e. The molecule has 0 spiro atoms. The third kappa shape index (κ3) is 4.76. The highest BCUT2D eigenvalue weighted by molar-refractivity contribution is 5.75. The molecule has 132 valence electrons. The van der Waals surface area contributed by atoms with E-state index >= 15 is 0 Å². The van der Waals surface area contributed by atoms with E-state index in [9.17, 15) is 4.79 Å². The molecule has 2 N–H and O–H groups in total. The molecule has 1 aromatic heterocycles. The van der Waals surface area contributed by atoms with E-state index in [1.165, 1.54) is 19.3 Å². The number of amides is 1. The molecule has 6 nitrogen and oxygen atoms in total. The Morgan fingerprint density at radius 3 is 2.56 bits per heavy atom. The van der Waals surface area contributed by atoms with Gasteiger partial charge in [0.05, 0.1) is 6.54 Å². The van der Waals surface area contributed by atoms with Gasteiger partial charge in [-0.2, -0.15) is 0 Å². The number of nitrogens with two attached hydrogens (primary N) is 1. The summed E-state index contributed by atoms with van der Waals surface area (Å²) in [5.74, 6) is 0.501. The predicted octanol–water partition coefficient (Wildman–Crippen LogP) is 2.05. The van der Waals surface area contributed by atoms with Gasteiger partial charge in [0.25, 0.3) is 0 Å². The molecule has 0 bridgehead atoms. The lowest BCUT2D eigenvalue weighted by Gasteiger charge is -2.26. The Bertz CT molecular complexity index is 710.